The minimum absolute atomic E-state index is 0.237. The van der Waals surface area contributed by atoms with Crippen LogP contribution in [-0.2, 0) is 0 Å². The van der Waals surface area contributed by atoms with E-state index in [1.807, 2.05) is 0 Å². The van der Waals surface area contributed by atoms with E-state index in [4.69, 9.17) is 5.73 Å². The van der Waals surface area contributed by atoms with E-state index >= 15 is 0 Å². The summed E-state index contributed by atoms with van der Waals surface area (Å²) < 4.78 is 0. The summed E-state index contributed by atoms with van der Waals surface area (Å²) in [6.45, 7) is 8.68. The third-order valence-electron chi connectivity index (χ3n) is 3.68. The molecule has 0 bridgehead atoms. The summed E-state index contributed by atoms with van der Waals surface area (Å²) >= 11 is 0. The summed E-state index contributed by atoms with van der Waals surface area (Å²) in [5.74, 6) is 1.61. The van der Waals surface area contributed by atoms with Crippen LogP contribution in [0.25, 0.3) is 0 Å². The van der Waals surface area contributed by atoms with Crippen molar-refractivity contribution in [3.63, 3.8) is 0 Å². The molecule has 13 heavy (non-hydrogen) atoms. The van der Waals surface area contributed by atoms with Gasteiger partial charge in [0.25, 0.3) is 0 Å². The van der Waals surface area contributed by atoms with E-state index < -0.39 is 0 Å². The van der Waals surface area contributed by atoms with Crippen LogP contribution in [0.4, 0.5) is 0 Å². The van der Waals surface area contributed by atoms with Crippen LogP contribution in [0.3, 0.4) is 0 Å². The minimum Gasteiger partial charge on any atom is -0.329 e. The number of likely N-dealkylation sites (N-methyl/N-ethyl adjacent to an activating group) is 1. The number of nitrogens with two attached hydrogens (primary N) is 1. The van der Waals surface area contributed by atoms with Crippen LogP contribution in [0.5, 0.6) is 0 Å². The fraction of sp³-hybridized carbons (Fsp3) is 1.00. The molecule has 0 radical (unpaired) electrons. The predicted octanol–water partition coefficient (Wildman–Crippen LogP) is 1.75. The third kappa shape index (κ3) is 2.23. The Hall–Kier alpha value is -0.0800. The lowest BCUT2D eigenvalue weighted by Crippen LogP contribution is -2.58. The van der Waals surface area contributed by atoms with Gasteiger partial charge in [0.1, 0.15) is 0 Å². The van der Waals surface area contributed by atoms with Gasteiger partial charge in [0.15, 0.2) is 0 Å². The highest BCUT2D eigenvalue weighted by molar-refractivity contribution is 4.97. The molecule has 1 saturated carbocycles. The first kappa shape index (κ1) is 11.0. The molecule has 1 rings (SSSR count). The SMILES string of the molecule is CCNC1(CN)CCC(C)CC1C. The summed E-state index contributed by atoms with van der Waals surface area (Å²) in [5, 5.41) is 3.59. The van der Waals surface area contributed by atoms with Crippen LogP contribution in [0.1, 0.15) is 40.0 Å². The molecule has 0 aromatic rings. The van der Waals surface area contributed by atoms with Crippen LogP contribution >= 0.6 is 0 Å². The zero-order valence-corrected chi connectivity index (χ0v) is 9.27. The van der Waals surface area contributed by atoms with E-state index in [-0.39, 0.29) is 5.54 Å². The van der Waals surface area contributed by atoms with Gasteiger partial charge >= 0.3 is 0 Å². The molecule has 2 nitrogen and oxygen atoms in total. The lowest BCUT2D eigenvalue weighted by molar-refractivity contribution is 0.132. The number of hydrogen-bond donors (Lipinski definition) is 2. The normalized spacial score (nSPS) is 40.6. The van der Waals surface area contributed by atoms with Gasteiger partial charge < -0.3 is 11.1 Å². The van der Waals surface area contributed by atoms with Crippen molar-refractivity contribution in [3.05, 3.63) is 0 Å². The van der Waals surface area contributed by atoms with E-state index in [1.54, 1.807) is 0 Å². The van der Waals surface area contributed by atoms with Crippen molar-refractivity contribution < 1.29 is 0 Å². The first-order valence-electron chi connectivity index (χ1n) is 5.59. The molecule has 0 amide bonds. The summed E-state index contributed by atoms with van der Waals surface area (Å²) in [5.41, 5.74) is 6.14. The van der Waals surface area contributed by atoms with Crippen LogP contribution < -0.4 is 11.1 Å². The Morgan fingerprint density at radius 1 is 1.46 bits per heavy atom. The van der Waals surface area contributed by atoms with Gasteiger partial charge in [-0.05, 0) is 37.6 Å². The molecule has 3 N–H and O–H groups in total. The molecule has 3 atom stereocenters. The molecule has 0 saturated heterocycles. The highest BCUT2D eigenvalue weighted by Crippen LogP contribution is 2.35. The highest BCUT2D eigenvalue weighted by Gasteiger charge is 2.37. The van der Waals surface area contributed by atoms with E-state index in [0.29, 0.717) is 0 Å². The molecule has 1 fully saturated rings. The molecule has 0 aliphatic heterocycles. The van der Waals surface area contributed by atoms with Crippen LogP contribution in [-0.4, -0.2) is 18.6 Å². The maximum atomic E-state index is 5.90. The van der Waals surface area contributed by atoms with Crippen LogP contribution in [0.15, 0.2) is 0 Å². The maximum absolute atomic E-state index is 5.90. The van der Waals surface area contributed by atoms with Crippen molar-refractivity contribution in [2.24, 2.45) is 17.6 Å². The van der Waals surface area contributed by atoms with Gasteiger partial charge in [-0.2, -0.15) is 0 Å². The van der Waals surface area contributed by atoms with Crippen molar-refractivity contribution in [1.29, 1.82) is 0 Å². The van der Waals surface area contributed by atoms with Crippen molar-refractivity contribution in [2.45, 2.75) is 45.6 Å². The highest BCUT2D eigenvalue weighted by atomic mass is 15.0. The van der Waals surface area contributed by atoms with Crippen molar-refractivity contribution in [3.8, 4) is 0 Å². The molecule has 3 unspecified atom stereocenters. The Kier molecular flexibility index (Phi) is 3.74. The lowest BCUT2D eigenvalue weighted by Gasteiger charge is -2.44. The second-order valence-electron chi connectivity index (χ2n) is 4.67. The molecule has 0 aromatic carbocycles. The first-order valence-corrected chi connectivity index (χ1v) is 5.59. The number of nitrogens with one attached hydrogen (secondary N) is 1. The largest absolute Gasteiger partial charge is 0.329 e. The summed E-state index contributed by atoms with van der Waals surface area (Å²) in [6, 6.07) is 0. The molecule has 0 spiro atoms. The Morgan fingerprint density at radius 2 is 2.15 bits per heavy atom. The van der Waals surface area contributed by atoms with Crippen molar-refractivity contribution in [1.82, 2.24) is 5.32 Å². The monoisotopic (exact) mass is 184 g/mol. The number of rotatable bonds is 3. The molecule has 1 aliphatic carbocycles. The van der Waals surface area contributed by atoms with E-state index in [1.165, 1.54) is 19.3 Å². The van der Waals surface area contributed by atoms with E-state index in [9.17, 15) is 0 Å². The summed E-state index contributed by atoms with van der Waals surface area (Å²) in [7, 11) is 0. The van der Waals surface area contributed by atoms with Gasteiger partial charge in [-0.15, -0.1) is 0 Å². The van der Waals surface area contributed by atoms with Gasteiger partial charge in [0, 0.05) is 12.1 Å². The Morgan fingerprint density at radius 3 is 2.62 bits per heavy atom. The maximum Gasteiger partial charge on any atom is 0.0329 e. The van der Waals surface area contributed by atoms with Crippen LogP contribution in [0.2, 0.25) is 0 Å². The zero-order valence-electron chi connectivity index (χ0n) is 9.27. The quantitative estimate of drug-likeness (QED) is 0.701. The standard InChI is InChI=1S/C11H24N2/c1-4-13-11(8-12)6-5-9(2)7-10(11)3/h9-10,13H,4-8,12H2,1-3H3. The Bertz CT molecular complexity index is 158. The Labute approximate surface area is 82.3 Å². The molecule has 0 heterocycles. The molecular formula is C11H24N2. The van der Waals surface area contributed by atoms with Gasteiger partial charge in [0.2, 0.25) is 0 Å². The third-order valence-corrected chi connectivity index (χ3v) is 3.68. The average Bonchev–Trinajstić information content (AvgIpc) is 2.11. The smallest absolute Gasteiger partial charge is 0.0329 e. The second kappa shape index (κ2) is 4.43. The van der Waals surface area contributed by atoms with E-state index in [0.717, 1.165) is 24.9 Å². The van der Waals surface area contributed by atoms with Gasteiger partial charge in [-0.1, -0.05) is 20.8 Å². The fourth-order valence-corrected chi connectivity index (χ4v) is 2.69. The fourth-order valence-electron chi connectivity index (χ4n) is 2.69. The summed E-state index contributed by atoms with van der Waals surface area (Å²) in [4.78, 5) is 0. The van der Waals surface area contributed by atoms with Gasteiger partial charge in [-0.3, -0.25) is 0 Å². The topological polar surface area (TPSA) is 38.0 Å². The molecule has 1 aliphatic rings. The average molecular weight is 184 g/mol. The minimum atomic E-state index is 0.237. The van der Waals surface area contributed by atoms with Crippen LogP contribution in [0, 0.1) is 11.8 Å². The molecular weight excluding hydrogens is 160 g/mol. The van der Waals surface area contributed by atoms with E-state index in [2.05, 4.69) is 26.1 Å². The van der Waals surface area contributed by atoms with Crippen molar-refractivity contribution >= 4 is 0 Å². The first-order chi connectivity index (χ1) is 6.14. The zero-order chi connectivity index (χ0) is 9.90. The van der Waals surface area contributed by atoms with Crippen molar-refractivity contribution in [2.75, 3.05) is 13.1 Å². The number of hydrogen-bond acceptors (Lipinski definition) is 2. The van der Waals surface area contributed by atoms with Gasteiger partial charge in [0.05, 0.1) is 0 Å². The second-order valence-corrected chi connectivity index (χ2v) is 4.67. The molecule has 78 valence electrons. The summed E-state index contributed by atoms with van der Waals surface area (Å²) in [6.07, 6.45) is 3.90. The lowest BCUT2D eigenvalue weighted by atomic mass is 9.70. The van der Waals surface area contributed by atoms with Gasteiger partial charge in [-0.25, -0.2) is 0 Å². The predicted molar refractivity (Wildman–Crippen MR) is 57.6 cm³/mol. The Balaban J connectivity index is 2.63. The molecule has 2 heteroatoms. The molecule has 0 aromatic heterocycles.